The number of hydrogen-bond donors (Lipinski definition) is 0. The highest BCUT2D eigenvalue weighted by atomic mass is 15.2. The average molecular weight is 163 g/mol. The van der Waals surface area contributed by atoms with Gasteiger partial charge in [-0.05, 0) is 26.3 Å². The molecule has 0 aromatic carbocycles. The molecule has 12 heavy (non-hydrogen) atoms. The van der Waals surface area contributed by atoms with Crippen LogP contribution in [-0.4, -0.2) is 24.0 Å². The first-order valence-corrected chi connectivity index (χ1v) is 4.95. The molecular weight excluding hydrogens is 146 g/mol. The van der Waals surface area contributed by atoms with Crippen LogP contribution in [-0.2, 0) is 0 Å². The molecule has 1 aliphatic carbocycles. The molecule has 2 aliphatic rings. The maximum Gasteiger partial charge on any atom is 0.00822 e. The van der Waals surface area contributed by atoms with Crippen LogP contribution in [0.2, 0.25) is 0 Å². The molecule has 1 heteroatoms. The van der Waals surface area contributed by atoms with E-state index in [2.05, 4.69) is 36.1 Å². The van der Waals surface area contributed by atoms with Gasteiger partial charge >= 0.3 is 0 Å². The highest BCUT2D eigenvalue weighted by Gasteiger charge is 2.21. The lowest BCUT2D eigenvalue weighted by molar-refractivity contribution is 0.257. The molecule has 1 heterocycles. The quantitative estimate of drug-likeness (QED) is 0.603. The number of hydrogen-bond acceptors (Lipinski definition) is 1. The second-order valence-corrected chi connectivity index (χ2v) is 3.92. The maximum absolute atomic E-state index is 2.60. The highest BCUT2D eigenvalue weighted by Crippen LogP contribution is 2.20. The van der Waals surface area contributed by atoms with Crippen molar-refractivity contribution in [3.63, 3.8) is 0 Å². The van der Waals surface area contributed by atoms with E-state index >= 15 is 0 Å². The van der Waals surface area contributed by atoms with Gasteiger partial charge in [-0.1, -0.05) is 24.3 Å². The molecule has 66 valence electrons. The summed E-state index contributed by atoms with van der Waals surface area (Å²) in [4.78, 5) is 2.60. The van der Waals surface area contributed by atoms with E-state index in [0.29, 0.717) is 5.92 Å². The van der Waals surface area contributed by atoms with Gasteiger partial charge in [-0.3, -0.25) is 4.90 Å². The Labute approximate surface area is 74.8 Å². The molecule has 2 rings (SSSR count). The fraction of sp³-hybridized carbons (Fsp3) is 0.636. The lowest BCUT2D eigenvalue weighted by Crippen LogP contribution is -2.30. The van der Waals surface area contributed by atoms with E-state index in [-0.39, 0.29) is 0 Å². The zero-order valence-corrected chi connectivity index (χ0v) is 7.74. The molecular formula is C11H17N. The topological polar surface area (TPSA) is 3.24 Å². The van der Waals surface area contributed by atoms with Crippen LogP contribution in [0, 0.1) is 5.92 Å². The van der Waals surface area contributed by atoms with Crippen LogP contribution in [0.5, 0.6) is 0 Å². The molecule has 0 unspecified atom stereocenters. The van der Waals surface area contributed by atoms with Crippen LogP contribution in [0.3, 0.4) is 0 Å². The van der Waals surface area contributed by atoms with Gasteiger partial charge in [-0.15, -0.1) is 0 Å². The Morgan fingerprint density at radius 1 is 1.33 bits per heavy atom. The van der Waals surface area contributed by atoms with Crippen LogP contribution >= 0.6 is 0 Å². The third-order valence-corrected chi connectivity index (χ3v) is 2.96. The molecule has 0 saturated carbocycles. The van der Waals surface area contributed by atoms with Crippen molar-refractivity contribution >= 4 is 0 Å². The minimum Gasteiger partial charge on any atom is -0.300 e. The first kappa shape index (κ1) is 8.06. The highest BCUT2D eigenvalue weighted by molar-refractivity contribution is 5.18. The molecule has 1 atom stereocenters. The molecule has 0 bridgehead atoms. The number of nitrogens with zero attached hydrogens (tertiary/aromatic N) is 1. The van der Waals surface area contributed by atoms with E-state index in [1.807, 2.05) is 0 Å². The summed E-state index contributed by atoms with van der Waals surface area (Å²) in [5, 5.41) is 0. The Hall–Kier alpha value is -0.560. The minimum absolute atomic E-state index is 0.686. The van der Waals surface area contributed by atoms with Gasteiger partial charge in [-0.25, -0.2) is 0 Å². The molecule has 0 radical (unpaired) electrons. The molecule has 0 N–H and O–H groups in total. The zero-order chi connectivity index (χ0) is 8.39. The zero-order valence-electron chi connectivity index (χ0n) is 7.74. The van der Waals surface area contributed by atoms with Gasteiger partial charge in [0.05, 0.1) is 0 Å². The van der Waals surface area contributed by atoms with Crippen molar-refractivity contribution in [2.24, 2.45) is 5.92 Å². The van der Waals surface area contributed by atoms with Gasteiger partial charge in [0.25, 0.3) is 0 Å². The normalized spacial score (nSPS) is 30.6. The summed E-state index contributed by atoms with van der Waals surface area (Å²) in [7, 11) is 0. The molecule has 1 saturated heterocycles. The fourth-order valence-corrected chi connectivity index (χ4v) is 2.13. The van der Waals surface area contributed by atoms with E-state index in [4.69, 9.17) is 0 Å². The van der Waals surface area contributed by atoms with Gasteiger partial charge in [-0.2, -0.15) is 0 Å². The lowest BCUT2D eigenvalue weighted by Gasteiger charge is -2.22. The summed E-state index contributed by atoms with van der Waals surface area (Å²) in [6.07, 6.45) is 11.7. The van der Waals surface area contributed by atoms with Crippen molar-refractivity contribution < 1.29 is 0 Å². The molecule has 1 nitrogen and oxygen atoms in total. The molecule has 0 aromatic rings. The number of rotatable bonds is 2. The molecule has 1 fully saturated rings. The summed E-state index contributed by atoms with van der Waals surface area (Å²) in [5.74, 6) is 0.686. The minimum atomic E-state index is 0.686. The second-order valence-electron chi connectivity index (χ2n) is 3.92. The van der Waals surface area contributed by atoms with Gasteiger partial charge in [0.1, 0.15) is 0 Å². The van der Waals surface area contributed by atoms with E-state index in [0.717, 1.165) is 6.04 Å². The second kappa shape index (κ2) is 3.44. The Morgan fingerprint density at radius 2 is 2.08 bits per heavy atom. The Morgan fingerprint density at radius 3 is 2.67 bits per heavy atom. The fourth-order valence-electron chi connectivity index (χ4n) is 2.13. The standard InChI is InChI=1S/C11H17N/c1-10-5-4-8-12(10)9-11-6-2-3-7-11/h2-3,6-7,10-11H,4-5,8-9H2,1H3/t10-/m1/s1. The lowest BCUT2D eigenvalue weighted by atomic mass is 10.1. The Kier molecular flexibility index (Phi) is 2.31. The summed E-state index contributed by atoms with van der Waals surface area (Å²) in [6, 6.07) is 0.812. The Bertz CT molecular complexity index is 193. The van der Waals surface area contributed by atoms with Crippen molar-refractivity contribution in [2.45, 2.75) is 25.8 Å². The number of likely N-dealkylation sites (tertiary alicyclic amines) is 1. The molecule has 0 aromatic heterocycles. The van der Waals surface area contributed by atoms with Gasteiger partial charge in [0.2, 0.25) is 0 Å². The number of allylic oxidation sites excluding steroid dienone is 2. The summed E-state index contributed by atoms with van der Waals surface area (Å²) >= 11 is 0. The third kappa shape index (κ3) is 1.61. The Balaban J connectivity index is 1.85. The predicted octanol–water partition coefficient (Wildman–Crippen LogP) is 2.21. The van der Waals surface area contributed by atoms with Crippen LogP contribution in [0.4, 0.5) is 0 Å². The molecule has 0 amide bonds. The average Bonchev–Trinajstić information content (AvgIpc) is 2.65. The SMILES string of the molecule is C[C@@H]1CCCN1CC1C=CC=C1. The maximum atomic E-state index is 2.60. The van der Waals surface area contributed by atoms with Crippen molar-refractivity contribution in [1.29, 1.82) is 0 Å². The summed E-state index contributed by atoms with van der Waals surface area (Å²) in [5.41, 5.74) is 0. The van der Waals surface area contributed by atoms with Crippen LogP contribution in [0.1, 0.15) is 19.8 Å². The van der Waals surface area contributed by atoms with Gasteiger partial charge < -0.3 is 0 Å². The molecule has 0 spiro atoms. The van der Waals surface area contributed by atoms with Gasteiger partial charge in [0, 0.05) is 18.5 Å². The van der Waals surface area contributed by atoms with E-state index < -0.39 is 0 Å². The van der Waals surface area contributed by atoms with Gasteiger partial charge in [0.15, 0.2) is 0 Å². The summed E-state index contributed by atoms with van der Waals surface area (Å²) in [6.45, 7) is 4.88. The third-order valence-electron chi connectivity index (χ3n) is 2.96. The van der Waals surface area contributed by atoms with Crippen molar-refractivity contribution in [2.75, 3.05) is 13.1 Å². The van der Waals surface area contributed by atoms with Crippen LogP contribution in [0.25, 0.3) is 0 Å². The van der Waals surface area contributed by atoms with E-state index in [1.165, 1.54) is 25.9 Å². The largest absolute Gasteiger partial charge is 0.300 e. The predicted molar refractivity (Wildman–Crippen MR) is 52.0 cm³/mol. The van der Waals surface area contributed by atoms with E-state index in [1.54, 1.807) is 0 Å². The monoisotopic (exact) mass is 163 g/mol. The summed E-state index contributed by atoms with van der Waals surface area (Å²) < 4.78 is 0. The first-order chi connectivity index (χ1) is 5.86. The van der Waals surface area contributed by atoms with Crippen LogP contribution in [0.15, 0.2) is 24.3 Å². The van der Waals surface area contributed by atoms with Crippen molar-refractivity contribution in [3.05, 3.63) is 24.3 Å². The van der Waals surface area contributed by atoms with E-state index in [9.17, 15) is 0 Å². The van der Waals surface area contributed by atoms with Crippen molar-refractivity contribution in [1.82, 2.24) is 4.90 Å². The van der Waals surface area contributed by atoms with Crippen molar-refractivity contribution in [3.8, 4) is 0 Å². The first-order valence-electron chi connectivity index (χ1n) is 4.95. The van der Waals surface area contributed by atoms with Crippen LogP contribution < -0.4 is 0 Å². The smallest absolute Gasteiger partial charge is 0.00822 e. The molecule has 1 aliphatic heterocycles.